The molecule has 2 rings (SSSR count). The van der Waals surface area contributed by atoms with Gasteiger partial charge in [0, 0.05) is 25.0 Å². The molecule has 0 unspecified atom stereocenters. The topological polar surface area (TPSA) is 72.0 Å². The predicted octanol–water partition coefficient (Wildman–Crippen LogP) is 4.94. The van der Waals surface area contributed by atoms with Crippen molar-refractivity contribution in [3.05, 3.63) is 49.3 Å². The molecule has 1 amide bonds. The van der Waals surface area contributed by atoms with Gasteiger partial charge >= 0.3 is 0 Å². The van der Waals surface area contributed by atoms with Gasteiger partial charge in [-0.1, -0.05) is 15.9 Å². The molecular formula is C18H18Br3N3O3. The lowest BCUT2D eigenvalue weighted by Crippen LogP contribution is -2.27. The van der Waals surface area contributed by atoms with Gasteiger partial charge in [-0.15, -0.1) is 0 Å². The maximum atomic E-state index is 12.1. The Morgan fingerprint density at radius 3 is 2.33 bits per heavy atom. The fourth-order valence-corrected chi connectivity index (χ4v) is 4.76. The molecule has 0 saturated carbocycles. The van der Waals surface area contributed by atoms with Gasteiger partial charge < -0.3 is 14.8 Å². The van der Waals surface area contributed by atoms with E-state index in [-0.39, 0.29) is 12.5 Å². The Kier molecular flexibility index (Phi) is 8.12. The summed E-state index contributed by atoms with van der Waals surface area (Å²) in [5.41, 5.74) is 4.71. The van der Waals surface area contributed by atoms with Gasteiger partial charge in [0.2, 0.25) is 0 Å². The van der Waals surface area contributed by atoms with Crippen LogP contribution in [0.25, 0.3) is 0 Å². The van der Waals surface area contributed by atoms with Crippen molar-refractivity contribution in [2.24, 2.45) is 5.10 Å². The number of hydrogen-bond acceptors (Lipinski definition) is 5. The molecule has 0 bridgehead atoms. The zero-order chi connectivity index (χ0) is 20.0. The maximum Gasteiger partial charge on any atom is 0.259 e. The number of hydrazone groups is 1. The smallest absolute Gasteiger partial charge is 0.259 e. The van der Waals surface area contributed by atoms with Crippen LogP contribution in [0.2, 0.25) is 0 Å². The van der Waals surface area contributed by atoms with Crippen LogP contribution in [0.1, 0.15) is 12.5 Å². The van der Waals surface area contributed by atoms with E-state index in [1.165, 1.54) is 0 Å². The second-order valence-electron chi connectivity index (χ2n) is 5.40. The highest BCUT2D eigenvalue weighted by molar-refractivity contribution is 9.11. The van der Waals surface area contributed by atoms with Gasteiger partial charge in [0.15, 0.2) is 0 Å². The molecule has 2 aromatic rings. The van der Waals surface area contributed by atoms with Gasteiger partial charge in [0.1, 0.15) is 11.5 Å². The zero-order valence-corrected chi connectivity index (χ0v) is 19.7. The molecule has 0 radical (unpaired) electrons. The minimum absolute atomic E-state index is 0.0648. The molecular weight excluding hydrogens is 546 g/mol. The maximum absolute atomic E-state index is 12.1. The quantitative estimate of drug-likeness (QED) is 0.370. The first kappa shape index (κ1) is 21.7. The molecule has 0 aliphatic carbocycles. The molecule has 0 fully saturated rings. The van der Waals surface area contributed by atoms with E-state index in [2.05, 4.69) is 63.6 Å². The Labute approximate surface area is 183 Å². The molecule has 2 aromatic carbocycles. The van der Waals surface area contributed by atoms with Gasteiger partial charge in [-0.25, -0.2) is 5.43 Å². The van der Waals surface area contributed by atoms with Crippen LogP contribution in [0, 0.1) is 0 Å². The monoisotopic (exact) mass is 561 g/mol. The summed E-state index contributed by atoms with van der Waals surface area (Å²) in [6.45, 7) is 1.86. The molecule has 0 heterocycles. The summed E-state index contributed by atoms with van der Waals surface area (Å²) >= 11 is 10.3. The number of hydrogen-bond donors (Lipinski definition) is 2. The Balaban J connectivity index is 2.02. The lowest BCUT2D eigenvalue weighted by atomic mass is 10.1. The number of methoxy groups -OCH3 is 2. The molecule has 0 aliphatic heterocycles. The number of nitrogens with zero attached hydrogens (tertiary/aromatic N) is 1. The molecule has 27 heavy (non-hydrogen) atoms. The average Bonchev–Trinajstić information content (AvgIpc) is 2.64. The summed E-state index contributed by atoms with van der Waals surface area (Å²) < 4.78 is 13.1. The number of carbonyl (C=O) groups is 1. The van der Waals surface area contributed by atoms with Crippen LogP contribution >= 0.6 is 47.8 Å². The van der Waals surface area contributed by atoms with Gasteiger partial charge in [0.05, 0.1) is 32.2 Å². The Bertz CT molecular complexity index is 849. The van der Waals surface area contributed by atoms with E-state index >= 15 is 0 Å². The first-order valence-corrected chi connectivity index (χ1v) is 10.2. The standard InChI is InChI=1S/C18H18Br3N3O3/c1-10(13-5-4-12(26-2)8-16(13)27-3)23-24-17(25)9-22-18-14(20)6-11(19)7-15(18)21/h4-8,22H,9H2,1-3H3,(H,24,25)/b23-10+. The van der Waals surface area contributed by atoms with E-state index in [1.54, 1.807) is 27.2 Å². The minimum Gasteiger partial charge on any atom is -0.497 e. The highest BCUT2D eigenvalue weighted by atomic mass is 79.9. The summed E-state index contributed by atoms with van der Waals surface area (Å²) in [6, 6.07) is 9.19. The molecule has 6 nitrogen and oxygen atoms in total. The number of amides is 1. The Hall–Kier alpha value is -1.58. The highest BCUT2D eigenvalue weighted by Gasteiger charge is 2.10. The van der Waals surface area contributed by atoms with Crippen LogP contribution < -0.4 is 20.2 Å². The van der Waals surface area contributed by atoms with Crippen molar-refractivity contribution in [1.29, 1.82) is 0 Å². The Morgan fingerprint density at radius 1 is 1.07 bits per heavy atom. The van der Waals surface area contributed by atoms with E-state index in [9.17, 15) is 4.79 Å². The first-order chi connectivity index (χ1) is 12.8. The highest BCUT2D eigenvalue weighted by Crippen LogP contribution is 2.34. The number of halogens is 3. The molecule has 0 atom stereocenters. The van der Waals surface area contributed by atoms with Crippen molar-refractivity contribution in [2.45, 2.75) is 6.92 Å². The third-order valence-corrected chi connectivity index (χ3v) is 5.29. The van der Waals surface area contributed by atoms with Crippen molar-refractivity contribution in [2.75, 3.05) is 26.1 Å². The van der Waals surface area contributed by atoms with E-state index in [0.717, 1.165) is 24.7 Å². The normalized spacial score (nSPS) is 11.1. The van der Waals surface area contributed by atoms with Crippen molar-refractivity contribution in [3.8, 4) is 11.5 Å². The molecule has 2 N–H and O–H groups in total. The fraction of sp³-hybridized carbons (Fsp3) is 0.222. The van der Waals surface area contributed by atoms with Gasteiger partial charge in [-0.2, -0.15) is 5.10 Å². The largest absolute Gasteiger partial charge is 0.497 e. The summed E-state index contributed by atoms with van der Waals surface area (Å²) in [6.07, 6.45) is 0. The van der Waals surface area contributed by atoms with Crippen molar-refractivity contribution < 1.29 is 14.3 Å². The van der Waals surface area contributed by atoms with E-state index in [1.807, 2.05) is 24.3 Å². The third kappa shape index (κ3) is 5.95. The second-order valence-corrected chi connectivity index (χ2v) is 8.02. The van der Waals surface area contributed by atoms with Crippen molar-refractivity contribution in [3.63, 3.8) is 0 Å². The lowest BCUT2D eigenvalue weighted by molar-refractivity contribution is -0.119. The van der Waals surface area contributed by atoms with Crippen molar-refractivity contribution in [1.82, 2.24) is 5.43 Å². The molecule has 0 saturated heterocycles. The van der Waals surface area contributed by atoms with E-state index in [4.69, 9.17) is 9.47 Å². The summed E-state index contributed by atoms with van der Waals surface area (Å²) in [7, 11) is 3.16. The van der Waals surface area contributed by atoms with Gasteiger partial charge in [-0.3, -0.25) is 4.79 Å². The number of ether oxygens (including phenoxy) is 2. The van der Waals surface area contributed by atoms with Crippen LogP contribution in [0.4, 0.5) is 5.69 Å². The van der Waals surface area contributed by atoms with Crippen LogP contribution in [0.15, 0.2) is 48.9 Å². The molecule has 0 aromatic heterocycles. The molecule has 0 spiro atoms. The molecule has 144 valence electrons. The van der Waals surface area contributed by atoms with Gasteiger partial charge in [-0.05, 0) is 63.0 Å². The lowest BCUT2D eigenvalue weighted by Gasteiger charge is -2.12. The second kappa shape index (κ2) is 10.1. The summed E-state index contributed by atoms with van der Waals surface area (Å²) in [5.74, 6) is 1.02. The van der Waals surface area contributed by atoms with E-state index in [0.29, 0.717) is 17.2 Å². The summed E-state index contributed by atoms with van der Waals surface area (Å²) in [5, 5.41) is 7.23. The third-order valence-electron chi connectivity index (χ3n) is 3.58. The number of benzene rings is 2. The number of anilines is 1. The van der Waals surface area contributed by atoms with Crippen LogP contribution in [-0.2, 0) is 4.79 Å². The van der Waals surface area contributed by atoms with Crippen LogP contribution in [0.5, 0.6) is 11.5 Å². The first-order valence-electron chi connectivity index (χ1n) is 7.79. The summed E-state index contributed by atoms with van der Waals surface area (Å²) in [4.78, 5) is 12.1. The van der Waals surface area contributed by atoms with E-state index < -0.39 is 0 Å². The fourth-order valence-electron chi connectivity index (χ4n) is 2.22. The number of nitrogens with one attached hydrogen (secondary N) is 2. The average molecular weight is 564 g/mol. The van der Waals surface area contributed by atoms with Gasteiger partial charge in [0.25, 0.3) is 5.91 Å². The molecule has 9 heteroatoms. The zero-order valence-electron chi connectivity index (χ0n) is 14.9. The predicted molar refractivity (Wildman–Crippen MR) is 118 cm³/mol. The van der Waals surface area contributed by atoms with Crippen LogP contribution in [-0.4, -0.2) is 32.4 Å². The number of rotatable bonds is 7. The van der Waals surface area contributed by atoms with Crippen molar-refractivity contribution >= 4 is 65.1 Å². The Morgan fingerprint density at radius 2 is 1.74 bits per heavy atom. The minimum atomic E-state index is -0.274. The SMILES string of the molecule is COc1ccc(/C(C)=N/NC(=O)CNc2c(Br)cc(Br)cc2Br)c(OC)c1. The van der Waals surface area contributed by atoms with Crippen LogP contribution in [0.3, 0.4) is 0 Å². The number of carbonyl (C=O) groups excluding carboxylic acids is 1. The molecule has 0 aliphatic rings.